The number of aromatic amines is 1. The molecule has 4 aromatic rings. The van der Waals surface area contributed by atoms with Gasteiger partial charge in [-0.05, 0) is 42.0 Å². The minimum Gasteiger partial charge on any atom is -0.491 e. The average Bonchev–Trinajstić information content (AvgIpc) is 2.83. The second kappa shape index (κ2) is 9.58. The second-order valence-electron chi connectivity index (χ2n) is 7.14. The predicted octanol–water partition coefficient (Wildman–Crippen LogP) is 3.33. The van der Waals surface area contributed by atoms with Crippen LogP contribution in [0.3, 0.4) is 0 Å². The Morgan fingerprint density at radius 3 is 2.47 bits per heavy atom. The first kappa shape index (κ1) is 23.3. The van der Waals surface area contributed by atoms with Gasteiger partial charge in [0.05, 0.1) is 35.7 Å². The lowest BCUT2D eigenvalue weighted by molar-refractivity contribution is 0.0951. The van der Waals surface area contributed by atoms with Gasteiger partial charge in [0.25, 0.3) is 17.3 Å². The smallest absolute Gasteiger partial charge is 0.334 e. The zero-order valence-corrected chi connectivity index (χ0v) is 19.5. The summed E-state index contributed by atoms with van der Waals surface area (Å²) in [5, 5.41) is 3.50. The molecule has 1 amide bonds. The van der Waals surface area contributed by atoms with Crippen LogP contribution in [0.15, 0.2) is 58.1 Å². The monoisotopic (exact) mass is 500 g/mol. The summed E-state index contributed by atoms with van der Waals surface area (Å²) in [5.41, 5.74) is -0.290. The number of nitrogens with one attached hydrogen (secondary N) is 2. The van der Waals surface area contributed by atoms with Crippen LogP contribution in [0.4, 0.5) is 0 Å². The maximum absolute atomic E-state index is 13.1. The van der Waals surface area contributed by atoms with Crippen molar-refractivity contribution in [2.45, 2.75) is 6.54 Å². The highest BCUT2D eigenvalue weighted by atomic mass is 35.5. The quantitative estimate of drug-likeness (QED) is 0.419. The molecule has 0 bridgehead atoms. The van der Waals surface area contributed by atoms with Crippen LogP contribution < -0.4 is 26.0 Å². The molecule has 2 heterocycles. The third-order valence-electron chi connectivity index (χ3n) is 5.05. The van der Waals surface area contributed by atoms with Gasteiger partial charge in [-0.15, -0.1) is 0 Å². The number of hydrogen-bond donors (Lipinski definition) is 2. The van der Waals surface area contributed by atoms with Crippen LogP contribution in [-0.4, -0.2) is 34.7 Å². The zero-order valence-electron chi connectivity index (χ0n) is 18.0. The molecule has 0 unspecified atom stereocenters. The van der Waals surface area contributed by atoms with Gasteiger partial charge in [-0.2, -0.15) is 4.98 Å². The van der Waals surface area contributed by atoms with Gasteiger partial charge in [0.1, 0.15) is 5.82 Å². The van der Waals surface area contributed by atoms with E-state index >= 15 is 0 Å². The third kappa shape index (κ3) is 4.48. The van der Waals surface area contributed by atoms with Crippen LogP contribution >= 0.6 is 23.2 Å². The molecule has 0 fully saturated rings. The topological polar surface area (TPSA) is 115 Å². The van der Waals surface area contributed by atoms with Gasteiger partial charge in [-0.3, -0.25) is 9.59 Å². The van der Waals surface area contributed by atoms with Crippen LogP contribution in [0.5, 0.6) is 11.6 Å². The van der Waals surface area contributed by atoms with E-state index in [0.29, 0.717) is 10.8 Å². The van der Waals surface area contributed by atoms with Crippen LogP contribution in [0.2, 0.25) is 10.0 Å². The molecule has 4 rings (SSSR count). The Morgan fingerprint density at radius 2 is 1.79 bits per heavy atom. The highest BCUT2D eigenvalue weighted by Gasteiger charge is 2.18. The van der Waals surface area contributed by atoms with Crippen molar-refractivity contribution in [1.82, 2.24) is 19.9 Å². The normalized spacial score (nSPS) is 10.8. The van der Waals surface area contributed by atoms with Crippen molar-refractivity contribution in [3.63, 3.8) is 0 Å². The van der Waals surface area contributed by atoms with Crippen molar-refractivity contribution < 1.29 is 14.3 Å². The van der Waals surface area contributed by atoms with Crippen molar-refractivity contribution in [2.75, 3.05) is 14.2 Å². The molecule has 0 spiro atoms. The van der Waals surface area contributed by atoms with Gasteiger partial charge < -0.3 is 19.8 Å². The first-order valence-corrected chi connectivity index (χ1v) is 10.7. The van der Waals surface area contributed by atoms with Crippen molar-refractivity contribution in [3.05, 3.63) is 90.5 Å². The number of carbonyl (C=O) groups excluding carboxylic acids is 1. The summed E-state index contributed by atoms with van der Waals surface area (Å²) in [4.78, 5) is 45.4. The summed E-state index contributed by atoms with van der Waals surface area (Å²) in [6.45, 7) is 0.244. The fraction of sp³-hybridized carbons (Fsp3) is 0.130. The summed E-state index contributed by atoms with van der Waals surface area (Å²) in [6.07, 6.45) is 0. The Kier molecular flexibility index (Phi) is 6.58. The Hall–Kier alpha value is -3.82. The number of ether oxygens (including phenoxy) is 2. The van der Waals surface area contributed by atoms with Crippen molar-refractivity contribution >= 4 is 40.0 Å². The second-order valence-corrected chi connectivity index (χ2v) is 7.98. The number of halogens is 2. The van der Waals surface area contributed by atoms with E-state index in [2.05, 4.69) is 15.3 Å². The molecule has 0 radical (unpaired) electrons. The largest absolute Gasteiger partial charge is 0.491 e. The molecule has 0 atom stereocenters. The molecular weight excluding hydrogens is 483 g/mol. The van der Waals surface area contributed by atoms with Gasteiger partial charge in [0, 0.05) is 11.6 Å². The SMILES string of the molecule is COc1ccc(-n2c(=O)[nH]c3cc(C(=O)NCc4ccc(Cl)cc4)c(Cl)cc3c2=O)nc1OC. The molecule has 174 valence electrons. The van der Waals surface area contributed by atoms with Gasteiger partial charge >= 0.3 is 5.69 Å². The summed E-state index contributed by atoms with van der Waals surface area (Å²) in [5.74, 6) is 0.0195. The lowest BCUT2D eigenvalue weighted by Gasteiger charge is -2.11. The standard InChI is InChI=1S/C23H18Cl2N4O5/c1-33-18-7-8-19(28-21(18)34-2)29-22(31)15-9-16(25)14(10-17(15)27-23(29)32)20(30)26-11-12-3-5-13(24)6-4-12/h3-10H,11H2,1-2H3,(H,26,30)(H,27,32). The highest BCUT2D eigenvalue weighted by Crippen LogP contribution is 2.25. The fourth-order valence-electron chi connectivity index (χ4n) is 3.34. The molecular formula is C23H18Cl2N4O5. The van der Waals surface area contributed by atoms with E-state index in [1.54, 1.807) is 24.3 Å². The number of benzene rings is 2. The Bertz CT molecular complexity index is 1510. The summed E-state index contributed by atoms with van der Waals surface area (Å²) in [7, 11) is 2.83. The van der Waals surface area contributed by atoms with Gasteiger partial charge in [-0.25, -0.2) is 9.36 Å². The van der Waals surface area contributed by atoms with Crippen LogP contribution in [0.25, 0.3) is 16.7 Å². The number of carbonyl (C=O) groups is 1. The number of fused-ring (bicyclic) bond motifs is 1. The van der Waals surface area contributed by atoms with Crippen molar-refractivity contribution in [1.29, 1.82) is 0 Å². The maximum atomic E-state index is 13.1. The molecule has 11 heteroatoms. The third-order valence-corrected chi connectivity index (χ3v) is 5.61. The van der Waals surface area contributed by atoms with E-state index in [4.69, 9.17) is 32.7 Å². The Labute approximate surface area is 202 Å². The van der Waals surface area contributed by atoms with E-state index < -0.39 is 17.2 Å². The van der Waals surface area contributed by atoms with Crippen LogP contribution in [0.1, 0.15) is 15.9 Å². The first-order chi connectivity index (χ1) is 16.3. The number of rotatable bonds is 6. The van der Waals surface area contributed by atoms with E-state index in [0.717, 1.165) is 10.1 Å². The molecule has 0 saturated heterocycles. The summed E-state index contributed by atoms with van der Waals surface area (Å²) in [6, 6.07) is 12.7. The highest BCUT2D eigenvalue weighted by molar-refractivity contribution is 6.34. The van der Waals surface area contributed by atoms with Gasteiger partial charge in [-0.1, -0.05) is 35.3 Å². The van der Waals surface area contributed by atoms with Crippen LogP contribution in [0, 0.1) is 0 Å². The fourth-order valence-corrected chi connectivity index (χ4v) is 3.72. The van der Waals surface area contributed by atoms with E-state index in [1.807, 2.05) is 0 Å². The summed E-state index contributed by atoms with van der Waals surface area (Å²) >= 11 is 12.2. The molecule has 0 aliphatic rings. The molecule has 34 heavy (non-hydrogen) atoms. The van der Waals surface area contributed by atoms with Gasteiger partial charge in [0.2, 0.25) is 0 Å². The average molecular weight is 501 g/mol. The molecule has 2 aromatic carbocycles. The molecule has 0 aliphatic heterocycles. The minimum atomic E-state index is -0.743. The number of amides is 1. The Morgan fingerprint density at radius 1 is 1.06 bits per heavy atom. The van der Waals surface area contributed by atoms with E-state index in [9.17, 15) is 14.4 Å². The Balaban J connectivity index is 1.71. The molecule has 0 saturated carbocycles. The first-order valence-electron chi connectivity index (χ1n) is 9.93. The lowest BCUT2D eigenvalue weighted by atomic mass is 10.1. The molecule has 9 nitrogen and oxygen atoms in total. The number of H-pyrrole nitrogens is 1. The minimum absolute atomic E-state index is 0.0340. The van der Waals surface area contributed by atoms with E-state index in [1.165, 1.54) is 38.5 Å². The zero-order chi connectivity index (χ0) is 24.4. The van der Waals surface area contributed by atoms with E-state index in [-0.39, 0.29) is 39.7 Å². The number of aromatic nitrogens is 3. The van der Waals surface area contributed by atoms with Crippen LogP contribution in [-0.2, 0) is 6.54 Å². The summed E-state index contributed by atoms with van der Waals surface area (Å²) < 4.78 is 11.1. The molecule has 2 aromatic heterocycles. The van der Waals surface area contributed by atoms with Gasteiger partial charge in [0.15, 0.2) is 5.75 Å². The molecule has 2 N–H and O–H groups in total. The molecule has 0 aliphatic carbocycles. The van der Waals surface area contributed by atoms with Crippen molar-refractivity contribution in [2.24, 2.45) is 0 Å². The lowest BCUT2D eigenvalue weighted by Crippen LogP contribution is -2.34. The number of hydrogen-bond acceptors (Lipinski definition) is 6. The maximum Gasteiger partial charge on any atom is 0.334 e. The number of methoxy groups -OCH3 is 2. The number of nitrogens with zero attached hydrogens (tertiary/aromatic N) is 2. The van der Waals surface area contributed by atoms with Crippen molar-refractivity contribution in [3.8, 4) is 17.4 Å². The number of pyridine rings is 1. The predicted molar refractivity (Wildman–Crippen MR) is 129 cm³/mol.